The zero-order valence-electron chi connectivity index (χ0n) is 11.0. The standard InChI is InChI=1S/C15H21NO2/c1-16-11-12-17-15(16)10-6-5-9-14(15)18-13-7-3-2-4-8-13/h2-4,7-8,14H,5-6,9-12H2,1H3/t14-,15+/m0/s1. The van der Waals surface area contributed by atoms with E-state index in [0.717, 1.165) is 31.7 Å². The molecule has 0 unspecified atom stereocenters. The Kier molecular flexibility index (Phi) is 3.27. The van der Waals surface area contributed by atoms with Crippen molar-refractivity contribution in [3.63, 3.8) is 0 Å². The minimum Gasteiger partial charge on any atom is -0.486 e. The largest absolute Gasteiger partial charge is 0.486 e. The lowest BCUT2D eigenvalue weighted by Gasteiger charge is -2.44. The fraction of sp³-hybridized carbons (Fsp3) is 0.600. The van der Waals surface area contributed by atoms with Crippen LogP contribution in [0.2, 0.25) is 0 Å². The van der Waals surface area contributed by atoms with Crippen LogP contribution in [0.25, 0.3) is 0 Å². The van der Waals surface area contributed by atoms with Crippen LogP contribution in [0.4, 0.5) is 0 Å². The summed E-state index contributed by atoms with van der Waals surface area (Å²) in [6.07, 6.45) is 4.79. The fourth-order valence-electron chi connectivity index (χ4n) is 3.17. The second-order valence-corrected chi connectivity index (χ2v) is 5.28. The van der Waals surface area contributed by atoms with Crippen molar-refractivity contribution < 1.29 is 9.47 Å². The lowest BCUT2D eigenvalue weighted by atomic mass is 9.88. The molecule has 1 spiro atoms. The van der Waals surface area contributed by atoms with E-state index in [1.54, 1.807) is 0 Å². The number of ether oxygens (including phenoxy) is 2. The third-order valence-electron chi connectivity index (χ3n) is 4.20. The molecule has 1 heterocycles. The van der Waals surface area contributed by atoms with E-state index in [2.05, 4.69) is 11.9 Å². The number of hydrogen-bond acceptors (Lipinski definition) is 3. The van der Waals surface area contributed by atoms with Crippen molar-refractivity contribution in [1.82, 2.24) is 4.90 Å². The Bertz CT molecular complexity index is 395. The normalized spacial score (nSPS) is 32.8. The van der Waals surface area contributed by atoms with Gasteiger partial charge in [-0.25, -0.2) is 0 Å². The highest BCUT2D eigenvalue weighted by atomic mass is 16.6. The van der Waals surface area contributed by atoms with E-state index in [4.69, 9.17) is 9.47 Å². The van der Waals surface area contributed by atoms with Gasteiger partial charge in [0.25, 0.3) is 0 Å². The van der Waals surface area contributed by atoms with Gasteiger partial charge in [0.15, 0.2) is 5.72 Å². The van der Waals surface area contributed by atoms with E-state index in [-0.39, 0.29) is 11.8 Å². The van der Waals surface area contributed by atoms with Crippen LogP contribution in [-0.4, -0.2) is 36.9 Å². The Morgan fingerprint density at radius 3 is 2.83 bits per heavy atom. The van der Waals surface area contributed by atoms with Gasteiger partial charge in [0, 0.05) is 6.54 Å². The number of rotatable bonds is 2. The first-order chi connectivity index (χ1) is 8.81. The molecule has 1 aliphatic heterocycles. The molecule has 3 rings (SSSR count). The average molecular weight is 247 g/mol. The lowest BCUT2D eigenvalue weighted by Crippen LogP contribution is -2.56. The maximum Gasteiger partial charge on any atom is 0.158 e. The molecule has 1 aromatic rings. The molecule has 0 aromatic heterocycles. The first-order valence-electron chi connectivity index (χ1n) is 6.88. The number of para-hydroxylation sites is 1. The third-order valence-corrected chi connectivity index (χ3v) is 4.20. The van der Waals surface area contributed by atoms with Crippen LogP contribution in [0.5, 0.6) is 5.75 Å². The zero-order chi connectivity index (χ0) is 12.4. The van der Waals surface area contributed by atoms with E-state index >= 15 is 0 Å². The topological polar surface area (TPSA) is 21.7 Å². The maximum absolute atomic E-state index is 6.20. The van der Waals surface area contributed by atoms with Crippen LogP contribution in [-0.2, 0) is 4.74 Å². The molecule has 3 heteroatoms. The Morgan fingerprint density at radius 2 is 2.11 bits per heavy atom. The molecule has 2 atom stereocenters. The van der Waals surface area contributed by atoms with Crippen LogP contribution in [0.1, 0.15) is 25.7 Å². The number of nitrogens with zero attached hydrogens (tertiary/aromatic N) is 1. The van der Waals surface area contributed by atoms with Crippen LogP contribution in [0.3, 0.4) is 0 Å². The highest BCUT2D eigenvalue weighted by Crippen LogP contribution is 2.39. The molecule has 1 aliphatic carbocycles. The van der Waals surface area contributed by atoms with E-state index in [0.29, 0.717) is 0 Å². The molecule has 18 heavy (non-hydrogen) atoms. The van der Waals surface area contributed by atoms with Gasteiger partial charge in [-0.05, 0) is 44.9 Å². The predicted molar refractivity (Wildman–Crippen MR) is 70.6 cm³/mol. The van der Waals surface area contributed by atoms with Gasteiger partial charge in [-0.1, -0.05) is 18.2 Å². The van der Waals surface area contributed by atoms with Gasteiger partial charge < -0.3 is 9.47 Å². The summed E-state index contributed by atoms with van der Waals surface area (Å²) in [4.78, 5) is 2.33. The van der Waals surface area contributed by atoms with Crippen molar-refractivity contribution in [1.29, 1.82) is 0 Å². The van der Waals surface area contributed by atoms with Crippen LogP contribution in [0.15, 0.2) is 30.3 Å². The minimum absolute atomic E-state index is 0.154. The van der Waals surface area contributed by atoms with Crippen molar-refractivity contribution in [2.24, 2.45) is 0 Å². The predicted octanol–water partition coefficient (Wildman–Crippen LogP) is 2.67. The maximum atomic E-state index is 6.20. The third kappa shape index (κ3) is 2.02. The first-order valence-corrected chi connectivity index (χ1v) is 6.88. The van der Waals surface area contributed by atoms with E-state index in [1.165, 1.54) is 12.8 Å². The summed E-state index contributed by atoms with van der Waals surface area (Å²) in [5.74, 6) is 0.952. The summed E-state index contributed by atoms with van der Waals surface area (Å²) >= 11 is 0. The molecule has 1 aromatic carbocycles. The molecule has 0 bridgehead atoms. The molecule has 0 amide bonds. The van der Waals surface area contributed by atoms with E-state index in [1.807, 2.05) is 30.3 Å². The first kappa shape index (κ1) is 12.0. The van der Waals surface area contributed by atoms with Crippen molar-refractivity contribution in [2.45, 2.75) is 37.5 Å². The van der Waals surface area contributed by atoms with Gasteiger partial charge in [0.2, 0.25) is 0 Å². The van der Waals surface area contributed by atoms with Crippen molar-refractivity contribution >= 4 is 0 Å². The second kappa shape index (κ2) is 4.90. The summed E-state index contributed by atoms with van der Waals surface area (Å²) in [6, 6.07) is 10.1. The lowest BCUT2D eigenvalue weighted by molar-refractivity contribution is -0.162. The van der Waals surface area contributed by atoms with Gasteiger partial charge in [-0.15, -0.1) is 0 Å². The Morgan fingerprint density at radius 1 is 1.28 bits per heavy atom. The Labute approximate surface area is 109 Å². The van der Waals surface area contributed by atoms with Gasteiger partial charge in [-0.2, -0.15) is 0 Å². The van der Waals surface area contributed by atoms with Crippen molar-refractivity contribution in [2.75, 3.05) is 20.2 Å². The summed E-state index contributed by atoms with van der Waals surface area (Å²) in [7, 11) is 2.15. The molecule has 3 nitrogen and oxygen atoms in total. The summed E-state index contributed by atoms with van der Waals surface area (Å²) < 4.78 is 12.3. The van der Waals surface area contributed by atoms with Gasteiger partial charge in [-0.3, -0.25) is 4.90 Å². The fourth-order valence-corrected chi connectivity index (χ4v) is 3.17. The monoisotopic (exact) mass is 247 g/mol. The highest BCUT2D eigenvalue weighted by molar-refractivity contribution is 5.22. The molecule has 1 saturated carbocycles. The molecular formula is C15H21NO2. The smallest absolute Gasteiger partial charge is 0.158 e. The second-order valence-electron chi connectivity index (χ2n) is 5.28. The van der Waals surface area contributed by atoms with Gasteiger partial charge >= 0.3 is 0 Å². The Balaban J connectivity index is 1.80. The van der Waals surface area contributed by atoms with E-state index < -0.39 is 0 Å². The van der Waals surface area contributed by atoms with Gasteiger partial charge in [0.05, 0.1) is 6.61 Å². The number of likely N-dealkylation sites (N-methyl/N-ethyl adjacent to an activating group) is 1. The van der Waals surface area contributed by atoms with Crippen molar-refractivity contribution in [3.8, 4) is 5.75 Å². The Hall–Kier alpha value is -1.06. The highest BCUT2D eigenvalue weighted by Gasteiger charge is 2.49. The van der Waals surface area contributed by atoms with Crippen LogP contribution in [0, 0.1) is 0 Å². The van der Waals surface area contributed by atoms with Gasteiger partial charge in [0.1, 0.15) is 11.9 Å². The average Bonchev–Trinajstić information content (AvgIpc) is 2.76. The molecular weight excluding hydrogens is 226 g/mol. The molecule has 2 aliphatic rings. The van der Waals surface area contributed by atoms with Crippen molar-refractivity contribution in [3.05, 3.63) is 30.3 Å². The quantitative estimate of drug-likeness (QED) is 0.802. The summed E-state index contributed by atoms with van der Waals surface area (Å²) in [5.41, 5.74) is -0.186. The SMILES string of the molecule is CN1CCO[C@@]12CCCC[C@@H]2Oc1ccccc1. The molecule has 0 N–H and O–H groups in total. The number of hydrogen-bond donors (Lipinski definition) is 0. The van der Waals surface area contributed by atoms with Crippen LogP contribution < -0.4 is 4.74 Å². The summed E-state index contributed by atoms with van der Waals surface area (Å²) in [6.45, 7) is 1.83. The zero-order valence-corrected chi connectivity index (χ0v) is 11.0. The molecule has 2 fully saturated rings. The number of benzene rings is 1. The molecule has 0 radical (unpaired) electrons. The van der Waals surface area contributed by atoms with E-state index in [9.17, 15) is 0 Å². The molecule has 1 saturated heterocycles. The van der Waals surface area contributed by atoms with Crippen LogP contribution >= 0.6 is 0 Å². The molecule has 98 valence electrons. The minimum atomic E-state index is -0.186. The summed E-state index contributed by atoms with van der Waals surface area (Å²) in [5, 5.41) is 0.